The van der Waals surface area contributed by atoms with Crippen LogP contribution in [0.25, 0.3) is 10.9 Å². The highest BCUT2D eigenvalue weighted by atomic mass is 16.5. The lowest BCUT2D eigenvalue weighted by molar-refractivity contribution is 0.0941. The summed E-state index contributed by atoms with van der Waals surface area (Å²) in [6.45, 7) is 4.63. The molecule has 0 saturated heterocycles. The van der Waals surface area contributed by atoms with Gasteiger partial charge in [0, 0.05) is 5.39 Å². The van der Waals surface area contributed by atoms with E-state index in [4.69, 9.17) is 9.47 Å². The molecular weight excluding hydrogens is 330 g/mol. The predicted octanol–water partition coefficient (Wildman–Crippen LogP) is 3.85. The van der Waals surface area contributed by atoms with Crippen LogP contribution in [-0.4, -0.2) is 29.8 Å². The van der Waals surface area contributed by atoms with E-state index in [1.54, 1.807) is 19.4 Å². The first-order valence-corrected chi connectivity index (χ1v) is 8.67. The van der Waals surface area contributed by atoms with Crippen molar-refractivity contribution < 1.29 is 14.3 Å². The van der Waals surface area contributed by atoms with Crippen LogP contribution >= 0.6 is 0 Å². The Labute approximate surface area is 152 Å². The van der Waals surface area contributed by atoms with Gasteiger partial charge in [0.05, 0.1) is 37.0 Å². The molecule has 1 unspecified atom stereocenters. The summed E-state index contributed by atoms with van der Waals surface area (Å²) in [6.07, 6.45) is 2.63. The number of methoxy groups -OCH3 is 1. The molecule has 1 amide bonds. The van der Waals surface area contributed by atoms with Crippen molar-refractivity contribution in [1.82, 2.24) is 15.5 Å². The van der Waals surface area contributed by atoms with Crippen molar-refractivity contribution in [1.29, 1.82) is 0 Å². The number of aromatic amines is 1. The van der Waals surface area contributed by atoms with E-state index < -0.39 is 0 Å². The third-order valence-electron chi connectivity index (χ3n) is 4.22. The molecule has 0 aliphatic heterocycles. The maximum atomic E-state index is 12.7. The van der Waals surface area contributed by atoms with Crippen molar-refractivity contribution in [2.45, 2.75) is 26.3 Å². The molecule has 1 heterocycles. The Balaban J connectivity index is 1.78. The number of carbonyl (C=O) groups is 1. The number of ether oxygens (including phenoxy) is 2. The van der Waals surface area contributed by atoms with Crippen LogP contribution in [0.15, 0.2) is 42.6 Å². The zero-order chi connectivity index (χ0) is 18.5. The topological polar surface area (TPSA) is 76.2 Å². The Morgan fingerprint density at radius 2 is 2.12 bits per heavy atom. The van der Waals surface area contributed by atoms with Crippen molar-refractivity contribution >= 4 is 16.8 Å². The standard InChI is InChI=1S/C20H23N3O3/c1-4-10-26-17-9-8-14(11-18(17)25-3)13(2)22-20(24)16-7-5-6-15-12-21-23-19(15)16/h5-9,11-13H,4,10H2,1-3H3,(H,21,23)(H,22,24). The van der Waals surface area contributed by atoms with Gasteiger partial charge in [0.2, 0.25) is 0 Å². The Kier molecular flexibility index (Phi) is 5.41. The normalized spacial score (nSPS) is 12.0. The number of rotatable bonds is 7. The van der Waals surface area contributed by atoms with Gasteiger partial charge in [0.25, 0.3) is 5.91 Å². The van der Waals surface area contributed by atoms with E-state index in [1.165, 1.54) is 0 Å². The van der Waals surface area contributed by atoms with Gasteiger partial charge >= 0.3 is 0 Å². The number of H-pyrrole nitrogens is 1. The summed E-state index contributed by atoms with van der Waals surface area (Å²) in [5.41, 5.74) is 2.25. The summed E-state index contributed by atoms with van der Waals surface area (Å²) >= 11 is 0. The van der Waals surface area contributed by atoms with Gasteiger partial charge in [-0.15, -0.1) is 0 Å². The number of aromatic nitrogens is 2. The number of carbonyl (C=O) groups excluding carboxylic acids is 1. The molecule has 0 radical (unpaired) electrons. The maximum Gasteiger partial charge on any atom is 0.253 e. The van der Waals surface area contributed by atoms with Crippen molar-refractivity contribution in [3.05, 3.63) is 53.7 Å². The minimum Gasteiger partial charge on any atom is -0.493 e. The Bertz CT molecular complexity index is 904. The van der Waals surface area contributed by atoms with Crippen LogP contribution in [0.3, 0.4) is 0 Å². The van der Waals surface area contributed by atoms with Gasteiger partial charge in [-0.05, 0) is 37.1 Å². The molecule has 26 heavy (non-hydrogen) atoms. The summed E-state index contributed by atoms with van der Waals surface area (Å²) in [5.74, 6) is 1.21. The summed E-state index contributed by atoms with van der Waals surface area (Å²) < 4.78 is 11.1. The van der Waals surface area contributed by atoms with Gasteiger partial charge in [0.15, 0.2) is 11.5 Å². The Hall–Kier alpha value is -3.02. The molecule has 0 aliphatic rings. The molecule has 0 fully saturated rings. The first-order valence-electron chi connectivity index (χ1n) is 8.67. The van der Waals surface area contributed by atoms with E-state index in [9.17, 15) is 4.79 Å². The minimum absolute atomic E-state index is 0.155. The Morgan fingerprint density at radius 3 is 2.88 bits per heavy atom. The first-order chi connectivity index (χ1) is 12.6. The molecule has 3 aromatic rings. The van der Waals surface area contributed by atoms with Crippen molar-refractivity contribution in [2.75, 3.05) is 13.7 Å². The number of nitrogens with zero attached hydrogens (tertiary/aromatic N) is 1. The average molecular weight is 353 g/mol. The molecule has 2 N–H and O–H groups in total. The van der Waals surface area contributed by atoms with Gasteiger partial charge in [-0.2, -0.15) is 5.10 Å². The highest BCUT2D eigenvalue weighted by Crippen LogP contribution is 2.30. The van der Waals surface area contributed by atoms with E-state index in [0.717, 1.165) is 22.9 Å². The third-order valence-corrected chi connectivity index (χ3v) is 4.22. The van der Waals surface area contributed by atoms with E-state index in [0.29, 0.717) is 23.7 Å². The van der Waals surface area contributed by atoms with Crippen LogP contribution in [0, 0.1) is 0 Å². The monoisotopic (exact) mass is 353 g/mol. The quantitative estimate of drug-likeness (QED) is 0.676. The second kappa shape index (κ2) is 7.91. The van der Waals surface area contributed by atoms with Crippen LogP contribution in [-0.2, 0) is 0 Å². The summed E-state index contributed by atoms with van der Waals surface area (Å²) in [4.78, 5) is 12.7. The third kappa shape index (κ3) is 3.64. The number of nitrogens with one attached hydrogen (secondary N) is 2. The largest absolute Gasteiger partial charge is 0.493 e. The van der Waals surface area contributed by atoms with Gasteiger partial charge in [0.1, 0.15) is 0 Å². The second-order valence-corrected chi connectivity index (χ2v) is 6.09. The number of hydrogen-bond acceptors (Lipinski definition) is 4. The fourth-order valence-corrected chi connectivity index (χ4v) is 2.80. The summed E-state index contributed by atoms with van der Waals surface area (Å²) in [7, 11) is 1.61. The number of amides is 1. The van der Waals surface area contributed by atoms with Crippen molar-refractivity contribution in [2.24, 2.45) is 0 Å². The number of hydrogen-bond donors (Lipinski definition) is 2. The van der Waals surface area contributed by atoms with Crippen LogP contribution in [0.4, 0.5) is 0 Å². The first kappa shape index (κ1) is 17.8. The van der Waals surface area contributed by atoms with E-state index in [2.05, 4.69) is 22.4 Å². The second-order valence-electron chi connectivity index (χ2n) is 6.09. The molecule has 136 valence electrons. The highest BCUT2D eigenvalue weighted by Gasteiger charge is 2.16. The lowest BCUT2D eigenvalue weighted by Gasteiger charge is -2.17. The predicted molar refractivity (Wildman–Crippen MR) is 101 cm³/mol. The zero-order valence-corrected chi connectivity index (χ0v) is 15.2. The lowest BCUT2D eigenvalue weighted by Crippen LogP contribution is -2.26. The zero-order valence-electron chi connectivity index (χ0n) is 15.2. The van der Waals surface area contributed by atoms with Crippen LogP contribution in [0.5, 0.6) is 11.5 Å². The molecule has 0 bridgehead atoms. The van der Waals surface area contributed by atoms with Crippen LogP contribution in [0.2, 0.25) is 0 Å². The van der Waals surface area contributed by atoms with E-state index in [-0.39, 0.29) is 11.9 Å². The summed E-state index contributed by atoms with van der Waals surface area (Å²) in [5, 5.41) is 10.8. The number of para-hydroxylation sites is 1. The molecule has 1 atom stereocenters. The molecule has 3 rings (SSSR count). The highest BCUT2D eigenvalue weighted by molar-refractivity contribution is 6.05. The molecule has 0 spiro atoms. The molecule has 6 nitrogen and oxygen atoms in total. The molecule has 0 aliphatic carbocycles. The number of fused-ring (bicyclic) bond motifs is 1. The van der Waals surface area contributed by atoms with E-state index in [1.807, 2.05) is 37.3 Å². The molecule has 6 heteroatoms. The molecule has 1 aromatic heterocycles. The maximum absolute atomic E-state index is 12.7. The fraction of sp³-hybridized carbons (Fsp3) is 0.300. The average Bonchev–Trinajstić information content (AvgIpc) is 3.14. The fourth-order valence-electron chi connectivity index (χ4n) is 2.80. The number of benzene rings is 2. The SMILES string of the molecule is CCCOc1ccc(C(C)NC(=O)c2cccc3cn[nH]c23)cc1OC. The molecular formula is C20H23N3O3. The van der Waals surface area contributed by atoms with Gasteiger partial charge in [-0.1, -0.05) is 25.1 Å². The van der Waals surface area contributed by atoms with E-state index >= 15 is 0 Å². The van der Waals surface area contributed by atoms with Crippen molar-refractivity contribution in [3.63, 3.8) is 0 Å². The van der Waals surface area contributed by atoms with Gasteiger partial charge < -0.3 is 14.8 Å². The van der Waals surface area contributed by atoms with Gasteiger partial charge in [-0.25, -0.2) is 0 Å². The Morgan fingerprint density at radius 1 is 1.27 bits per heavy atom. The summed E-state index contributed by atoms with van der Waals surface area (Å²) in [6, 6.07) is 11.1. The molecule has 2 aromatic carbocycles. The molecule has 0 saturated carbocycles. The smallest absolute Gasteiger partial charge is 0.253 e. The van der Waals surface area contributed by atoms with Gasteiger partial charge in [-0.3, -0.25) is 9.89 Å². The van der Waals surface area contributed by atoms with Crippen LogP contribution < -0.4 is 14.8 Å². The lowest BCUT2D eigenvalue weighted by atomic mass is 10.1. The van der Waals surface area contributed by atoms with Crippen molar-refractivity contribution in [3.8, 4) is 11.5 Å². The minimum atomic E-state index is -0.185. The van der Waals surface area contributed by atoms with Crippen LogP contribution in [0.1, 0.15) is 42.2 Å².